The van der Waals surface area contributed by atoms with E-state index in [1.165, 1.54) is 0 Å². The Kier molecular flexibility index (Phi) is 4.22. The van der Waals surface area contributed by atoms with Crippen molar-refractivity contribution in [3.05, 3.63) is 67.8 Å². The fourth-order valence-corrected chi connectivity index (χ4v) is 2.09. The second-order valence-corrected chi connectivity index (χ2v) is 4.59. The number of nitrogens with zero attached hydrogens (tertiary/aromatic N) is 2. The number of hydrogen-bond acceptors (Lipinski definition) is 6. The molecule has 0 amide bonds. The molecule has 0 spiro atoms. The van der Waals surface area contributed by atoms with Crippen LogP contribution in [0.4, 0.5) is 11.4 Å². The molecular weight excluding hydrogens is 324 g/mol. The molecule has 0 aliphatic carbocycles. The third kappa shape index (κ3) is 3.02. The van der Waals surface area contributed by atoms with Crippen molar-refractivity contribution in [3.8, 4) is 11.1 Å². The highest BCUT2D eigenvalue weighted by Gasteiger charge is 2.25. The SMILES string of the molecule is O=C(O)c1ccc([N+](=O)[O-])c(-c2cc(C(=O)O)ccc2[N+](=O)[O-])c1. The summed E-state index contributed by atoms with van der Waals surface area (Å²) in [6.45, 7) is 0. The van der Waals surface area contributed by atoms with Crippen LogP contribution in [-0.2, 0) is 0 Å². The molecule has 0 aliphatic heterocycles. The number of carboxylic acids is 2. The van der Waals surface area contributed by atoms with E-state index in [-0.39, 0.29) is 22.3 Å². The predicted molar refractivity (Wildman–Crippen MR) is 79.1 cm³/mol. The molecule has 0 unspecified atom stereocenters. The number of nitro benzene ring substituents is 2. The molecular formula is C14H8N2O8. The lowest BCUT2D eigenvalue weighted by Crippen LogP contribution is -2.03. The summed E-state index contributed by atoms with van der Waals surface area (Å²) in [4.78, 5) is 42.7. The molecule has 2 aromatic carbocycles. The number of aromatic carboxylic acids is 2. The highest BCUT2D eigenvalue weighted by atomic mass is 16.6. The number of benzene rings is 2. The van der Waals surface area contributed by atoms with Gasteiger partial charge in [-0.2, -0.15) is 0 Å². The third-order valence-corrected chi connectivity index (χ3v) is 3.17. The monoisotopic (exact) mass is 332 g/mol. The van der Waals surface area contributed by atoms with Gasteiger partial charge in [0.1, 0.15) is 0 Å². The van der Waals surface area contributed by atoms with Gasteiger partial charge in [-0.3, -0.25) is 20.2 Å². The maximum Gasteiger partial charge on any atom is 0.335 e. The number of carbonyl (C=O) groups is 2. The molecule has 2 aromatic rings. The quantitative estimate of drug-likeness (QED) is 0.623. The summed E-state index contributed by atoms with van der Waals surface area (Å²) in [5.74, 6) is -2.77. The smallest absolute Gasteiger partial charge is 0.335 e. The summed E-state index contributed by atoms with van der Waals surface area (Å²) in [5, 5.41) is 40.3. The summed E-state index contributed by atoms with van der Waals surface area (Å²) in [7, 11) is 0. The van der Waals surface area contributed by atoms with E-state index < -0.39 is 33.2 Å². The molecule has 0 aliphatic rings. The molecule has 0 aromatic heterocycles. The van der Waals surface area contributed by atoms with Gasteiger partial charge in [0.05, 0.1) is 32.1 Å². The van der Waals surface area contributed by atoms with Crippen molar-refractivity contribution in [2.24, 2.45) is 0 Å². The Morgan fingerprint density at radius 1 is 0.750 bits per heavy atom. The van der Waals surface area contributed by atoms with Gasteiger partial charge >= 0.3 is 11.9 Å². The Hall–Kier alpha value is -3.82. The third-order valence-electron chi connectivity index (χ3n) is 3.17. The zero-order valence-corrected chi connectivity index (χ0v) is 11.7. The van der Waals surface area contributed by atoms with Crippen LogP contribution in [0, 0.1) is 20.2 Å². The molecule has 0 saturated heterocycles. The summed E-state index contributed by atoms with van der Waals surface area (Å²) >= 11 is 0. The van der Waals surface area contributed by atoms with Crippen molar-refractivity contribution in [1.29, 1.82) is 0 Å². The topological polar surface area (TPSA) is 161 Å². The molecule has 0 bridgehead atoms. The van der Waals surface area contributed by atoms with E-state index >= 15 is 0 Å². The summed E-state index contributed by atoms with van der Waals surface area (Å²) in [5.41, 5.74) is -2.52. The maximum absolute atomic E-state index is 11.1. The lowest BCUT2D eigenvalue weighted by molar-refractivity contribution is -0.386. The van der Waals surface area contributed by atoms with Gasteiger partial charge in [-0.15, -0.1) is 0 Å². The second kappa shape index (κ2) is 6.12. The standard InChI is InChI=1S/C14H8N2O8/c17-13(18)7-1-3-11(15(21)22)9(5-7)10-6-8(14(19)20)2-4-12(10)16(23)24/h1-6H,(H,17,18)(H,19,20). The summed E-state index contributed by atoms with van der Waals surface area (Å²) < 4.78 is 0. The van der Waals surface area contributed by atoms with Crippen molar-refractivity contribution in [3.63, 3.8) is 0 Å². The number of hydrogen-bond donors (Lipinski definition) is 2. The van der Waals surface area contributed by atoms with Gasteiger partial charge in [-0.1, -0.05) is 0 Å². The summed E-state index contributed by atoms with van der Waals surface area (Å²) in [6.07, 6.45) is 0. The minimum absolute atomic E-state index is 0.328. The predicted octanol–water partition coefficient (Wildman–Crippen LogP) is 2.57. The molecule has 0 radical (unpaired) electrons. The van der Waals surface area contributed by atoms with Crippen molar-refractivity contribution in [2.45, 2.75) is 0 Å². The van der Waals surface area contributed by atoms with Crippen LogP contribution in [0.5, 0.6) is 0 Å². The van der Waals surface area contributed by atoms with Crippen LogP contribution in [0.1, 0.15) is 20.7 Å². The molecule has 10 nitrogen and oxygen atoms in total. The lowest BCUT2D eigenvalue weighted by Gasteiger charge is -2.07. The van der Waals surface area contributed by atoms with E-state index in [1.807, 2.05) is 0 Å². The van der Waals surface area contributed by atoms with Crippen LogP contribution >= 0.6 is 0 Å². The van der Waals surface area contributed by atoms with Crippen LogP contribution in [0.3, 0.4) is 0 Å². The highest BCUT2D eigenvalue weighted by Crippen LogP contribution is 2.37. The molecule has 0 fully saturated rings. The van der Waals surface area contributed by atoms with Crippen molar-refractivity contribution < 1.29 is 29.6 Å². The molecule has 0 saturated carbocycles. The van der Waals surface area contributed by atoms with E-state index in [9.17, 15) is 29.8 Å². The molecule has 0 heterocycles. The first kappa shape index (κ1) is 16.5. The molecule has 10 heteroatoms. The minimum atomic E-state index is -1.39. The normalized spacial score (nSPS) is 10.2. The first-order valence-corrected chi connectivity index (χ1v) is 6.26. The van der Waals surface area contributed by atoms with Crippen LogP contribution in [-0.4, -0.2) is 32.0 Å². The fourth-order valence-electron chi connectivity index (χ4n) is 2.09. The van der Waals surface area contributed by atoms with Gasteiger partial charge in [0.25, 0.3) is 11.4 Å². The number of rotatable bonds is 5. The van der Waals surface area contributed by atoms with Crippen molar-refractivity contribution >= 4 is 23.3 Å². The van der Waals surface area contributed by atoms with Gasteiger partial charge in [0.2, 0.25) is 0 Å². The Labute approximate surface area is 132 Å². The van der Waals surface area contributed by atoms with Crippen LogP contribution in [0.25, 0.3) is 11.1 Å². The molecule has 2 N–H and O–H groups in total. The van der Waals surface area contributed by atoms with Crippen LogP contribution in [0.15, 0.2) is 36.4 Å². The molecule has 0 atom stereocenters. The molecule has 24 heavy (non-hydrogen) atoms. The Balaban J connectivity index is 2.86. The van der Waals surface area contributed by atoms with Gasteiger partial charge in [0.15, 0.2) is 0 Å². The fraction of sp³-hybridized carbons (Fsp3) is 0. The molecule has 122 valence electrons. The van der Waals surface area contributed by atoms with E-state index in [0.29, 0.717) is 0 Å². The minimum Gasteiger partial charge on any atom is -0.478 e. The average Bonchev–Trinajstić information content (AvgIpc) is 2.53. The van der Waals surface area contributed by atoms with Gasteiger partial charge in [-0.05, 0) is 24.3 Å². The van der Waals surface area contributed by atoms with Gasteiger partial charge < -0.3 is 10.2 Å². The zero-order chi connectivity index (χ0) is 18.0. The van der Waals surface area contributed by atoms with Crippen LogP contribution in [0.2, 0.25) is 0 Å². The Morgan fingerprint density at radius 3 is 1.33 bits per heavy atom. The Bertz CT molecular complexity index is 817. The van der Waals surface area contributed by atoms with E-state index in [2.05, 4.69) is 0 Å². The van der Waals surface area contributed by atoms with Crippen molar-refractivity contribution in [2.75, 3.05) is 0 Å². The largest absolute Gasteiger partial charge is 0.478 e. The molecule has 2 rings (SSSR count). The number of carboxylic acid groups (broad SMARTS) is 2. The van der Waals surface area contributed by atoms with Gasteiger partial charge in [0, 0.05) is 12.1 Å². The van der Waals surface area contributed by atoms with Crippen molar-refractivity contribution in [1.82, 2.24) is 0 Å². The summed E-state index contributed by atoms with van der Waals surface area (Å²) in [6, 6.07) is 5.56. The van der Waals surface area contributed by atoms with E-state index in [1.54, 1.807) is 0 Å². The highest BCUT2D eigenvalue weighted by molar-refractivity contribution is 5.95. The maximum atomic E-state index is 11.1. The first-order valence-electron chi connectivity index (χ1n) is 6.26. The average molecular weight is 332 g/mol. The van der Waals surface area contributed by atoms with Gasteiger partial charge in [-0.25, -0.2) is 9.59 Å². The Morgan fingerprint density at radius 2 is 1.08 bits per heavy atom. The zero-order valence-electron chi connectivity index (χ0n) is 11.7. The van der Waals surface area contributed by atoms with E-state index in [4.69, 9.17) is 10.2 Å². The van der Waals surface area contributed by atoms with E-state index in [0.717, 1.165) is 36.4 Å². The first-order chi connectivity index (χ1) is 11.2. The van der Waals surface area contributed by atoms with Crippen LogP contribution < -0.4 is 0 Å². The number of nitro groups is 2. The lowest BCUT2D eigenvalue weighted by atomic mass is 9.97. The second-order valence-electron chi connectivity index (χ2n) is 4.59.